The highest BCUT2D eigenvalue weighted by Crippen LogP contribution is 2.37. The van der Waals surface area contributed by atoms with Crippen LogP contribution in [0.5, 0.6) is 11.5 Å². The summed E-state index contributed by atoms with van der Waals surface area (Å²) < 4.78 is 12.9. The minimum Gasteiger partial charge on any atom is -0.493 e. The van der Waals surface area contributed by atoms with Gasteiger partial charge in [0.25, 0.3) is 5.82 Å². The molecule has 0 aliphatic heterocycles. The van der Waals surface area contributed by atoms with Crippen molar-refractivity contribution in [2.24, 2.45) is 7.05 Å². The third kappa shape index (κ3) is 3.25. The highest BCUT2D eigenvalue weighted by atomic mass is 16.5. The quantitative estimate of drug-likeness (QED) is 0.640. The summed E-state index contributed by atoms with van der Waals surface area (Å²) in [7, 11) is 9.19. The highest BCUT2D eigenvalue weighted by molar-refractivity contribution is 5.89. The number of aryl methyl sites for hydroxylation is 1. The van der Waals surface area contributed by atoms with E-state index in [0.29, 0.717) is 11.5 Å². The van der Waals surface area contributed by atoms with Crippen LogP contribution >= 0.6 is 0 Å². The van der Waals surface area contributed by atoms with Crippen molar-refractivity contribution in [2.75, 3.05) is 33.2 Å². The first kappa shape index (κ1) is 19.9. The number of ether oxygens (including phenoxy) is 2. The first-order valence-electron chi connectivity index (χ1n) is 9.05. The lowest BCUT2D eigenvalue weighted by Crippen LogP contribution is -2.38. The Morgan fingerprint density at radius 2 is 1.64 bits per heavy atom. The fraction of sp³-hybridized carbons (Fsp3) is 0.318. The molecule has 1 heterocycles. The van der Waals surface area contributed by atoms with Crippen LogP contribution in [0.3, 0.4) is 0 Å². The van der Waals surface area contributed by atoms with E-state index in [-0.39, 0.29) is 13.2 Å². The maximum atomic E-state index is 9.95. The largest absolute Gasteiger partial charge is 0.493 e. The van der Waals surface area contributed by atoms with Crippen LogP contribution in [0, 0.1) is 0 Å². The van der Waals surface area contributed by atoms with Crippen LogP contribution in [0.15, 0.2) is 36.4 Å². The molecule has 0 bridgehead atoms. The van der Waals surface area contributed by atoms with E-state index in [0.717, 1.165) is 39.0 Å². The van der Waals surface area contributed by atoms with Gasteiger partial charge < -0.3 is 19.7 Å². The summed E-state index contributed by atoms with van der Waals surface area (Å²) in [4.78, 5) is 2.04. The Morgan fingerprint density at radius 3 is 2.21 bits per heavy atom. The molecule has 1 aromatic heterocycles. The molecule has 3 rings (SSSR count). The molecule has 0 atom stereocenters. The van der Waals surface area contributed by atoms with E-state index in [2.05, 4.69) is 10.6 Å². The summed E-state index contributed by atoms with van der Waals surface area (Å²) >= 11 is 0. The van der Waals surface area contributed by atoms with Crippen LogP contribution in [0.2, 0.25) is 0 Å². The molecule has 6 nitrogen and oxygen atoms in total. The Bertz CT molecular complexity index is 1020. The van der Waals surface area contributed by atoms with Crippen molar-refractivity contribution < 1.29 is 24.3 Å². The maximum absolute atomic E-state index is 9.95. The average molecular weight is 383 g/mol. The van der Waals surface area contributed by atoms with E-state index in [4.69, 9.17) is 9.47 Å². The summed E-state index contributed by atoms with van der Waals surface area (Å²) in [6, 6.07) is 11.8. The Hall–Kier alpha value is -2.83. The number of anilines is 1. The van der Waals surface area contributed by atoms with Crippen LogP contribution in [0.4, 0.5) is 5.82 Å². The molecule has 0 spiro atoms. The number of fused-ring (bicyclic) bond motifs is 1. The summed E-state index contributed by atoms with van der Waals surface area (Å²) in [5.74, 6) is 2.32. The summed E-state index contributed by atoms with van der Waals surface area (Å²) in [5, 5.41) is 20.6. The van der Waals surface area contributed by atoms with Gasteiger partial charge in [0.1, 0.15) is 5.52 Å². The van der Waals surface area contributed by atoms with Crippen molar-refractivity contribution >= 4 is 16.7 Å². The zero-order valence-corrected chi connectivity index (χ0v) is 17.0. The van der Waals surface area contributed by atoms with Gasteiger partial charge in [0.2, 0.25) is 0 Å². The van der Waals surface area contributed by atoms with Crippen LogP contribution in [-0.2, 0) is 20.3 Å². The van der Waals surface area contributed by atoms with Crippen molar-refractivity contribution in [3.8, 4) is 22.6 Å². The van der Waals surface area contributed by atoms with Gasteiger partial charge in [-0.1, -0.05) is 18.2 Å². The molecule has 0 amide bonds. The smallest absolute Gasteiger partial charge is 0.284 e. The van der Waals surface area contributed by atoms with Gasteiger partial charge in [0.15, 0.2) is 11.5 Å². The second-order valence-electron chi connectivity index (χ2n) is 6.86. The molecule has 0 aliphatic carbocycles. The van der Waals surface area contributed by atoms with E-state index in [1.807, 2.05) is 56.4 Å². The van der Waals surface area contributed by atoms with Gasteiger partial charge in [-0.3, -0.25) is 4.90 Å². The lowest BCUT2D eigenvalue weighted by molar-refractivity contribution is -0.631. The number of rotatable bonds is 6. The summed E-state index contributed by atoms with van der Waals surface area (Å²) in [6.45, 7) is -0.246. The van der Waals surface area contributed by atoms with E-state index in [1.54, 1.807) is 14.2 Å². The maximum Gasteiger partial charge on any atom is 0.284 e. The zero-order valence-electron chi connectivity index (χ0n) is 17.0. The first-order valence-corrected chi connectivity index (χ1v) is 9.05. The molecule has 0 saturated carbocycles. The zero-order chi connectivity index (χ0) is 20.4. The number of benzene rings is 2. The Labute approximate surface area is 165 Å². The number of hydrogen-bond acceptors (Lipinski definition) is 5. The molecule has 28 heavy (non-hydrogen) atoms. The van der Waals surface area contributed by atoms with E-state index in [1.165, 1.54) is 0 Å². The second kappa shape index (κ2) is 8.04. The monoisotopic (exact) mass is 383 g/mol. The van der Waals surface area contributed by atoms with Gasteiger partial charge in [0.05, 0.1) is 54.1 Å². The third-order valence-electron chi connectivity index (χ3n) is 5.05. The van der Waals surface area contributed by atoms with Gasteiger partial charge >= 0.3 is 0 Å². The summed E-state index contributed by atoms with van der Waals surface area (Å²) in [6.07, 6.45) is 0. The Balaban J connectivity index is 2.37. The van der Waals surface area contributed by atoms with Crippen molar-refractivity contribution in [3.63, 3.8) is 0 Å². The SMILES string of the molecule is COc1ccc(-c2cc3ccc(CO)c(CO)c3[n+](C)c2N(C)C)cc1OC. The number of aliphatic hydroxyl groups is 2. The van der Waals surface area contributed by atoms with Crippen molar-refractivity contribution in [2.45, 2.75) is 13.2 Å². The molecule has 3 aromatic rings. The standard InChI is InChI=1S/C22H27N2O4/c1-23(2)22-17(14-8-9-19(27-4)20(11-14)28-5)10-15-6-7-16(12-25)18(13-26)21(15)24(22)3/h6-11,25-26H,12-13H2,1-5H3/q+1. The first-order chi connectivity index (χ1) is 13.5. The van der Waals surface area contributed by atoms with Gasteiger partial charge in [-0.05, 0) is 29.3 Å². The number of aliphatic hydroxyl groups excluding tert-OH is 2. The third-order valence-corrected chi connectivity index (χ3v) is 5.05. The van der Waals surface area contributed by atoms with Gasteiger partial charge in [-0.2, -0.15) is 0 Å². The molecule has 2 aromatic carbocycles. The van der Waals surface area contributed by atoms with Crippen LogP contribution in [0.25, 0.3) is 22.0 Å². The number of methoxy groups -OCH3 is 2. The summed E-state index contributed by atoms with van der Waals surface area (Å²) in [5.41, 5.74) is 4.40. The molecular weight excluding hydrogens is 356 g/mol. The van der Waals surface area contributed by atoms with Crippen molar-refractivity contribution in [3.05, 3.63) is 47.5 Å². The topological polar surface area (TPSA) is 66.0 Å². The van der Waals surface area contributed by atoms with Gasteiger partial charge in [0, 0.05) is 10.9 Å². The Kier molecular flexibility index (Phi) is 5.72. The molecule has 0 saturated heterocycles. The lowest BCUT2D eigenvalue weighted by Gasteiger charge is -2.19. The van der Waals surface area contributed by atoms with Crippen LogP contribution in [0.1, 0.15) is 11.1 Å². The van der Waals surface area contributed by atoms with Crippen molar-refractivity contribution in [1.29, 1.82) is 0 Å². The minimum atomic E-state index is -0.135. The van der Waals surface area contributed by atoms with Crippen molar-refractivity contribution in [1.82, 2.24) is 0 Å². The normalized spacial score (nSPS) is 11.0. The molecule has 0 radical (unpaired) electrons. The number of aromatic nitrogens is 1. The Morgan fingerprint density at radius 1 is 0.929 bits per heavy atom. The highest BCUT2D eigenvalue weighted by Gasteiger charge is 2.24. The molecule has 0 aliphatic rings. The van der Waals surface area contributed by atoms with E-state index in [9.17, 15) is 10.2 Å². The lowest BCUT2D eigenvalue weighted by atomic mass is 9.98. The molecule has 0 unspecified atom stereocenters. The number of nitrogens with zero attached hydrogens (tertiary/aromatic N) is 2. The minimum absolute atomic E-state index is 0.111. The number of pyridine rings is 1. The molecule has 6 heteroatoms. The predicted molar refractivity (Wildman–Crippen MR) is 110 cm³/mol. The van der Waals surface area contributed by atoms with Crippen LogP contribution < -0.4 is 18.9 Å². The fourth-order valence-corrected chi connectivity index (χ4v) is 3.80. The molecular formula is C22H27N2O4+. The fourth-order valence-electron chi connectivity index (χ4n) is 3.80. The second-order valence-corrected chi connectivity index (χ2v) is 6.86. The molecule has 0 fully saturated rings. The van der Waals surface area contributed by atoms with E-state index < -0.39 is 0 Å². The average Bonchev–Trinajstić information content (AvgIpc) is 2.71. The van der Waals surface area contributed by atoms with Crippen LogP contribution in [-0.4, -0.2) is 38.5 Å². The predicted octanol–water partition coefficient (Wildman–Crippen LogP) is 2.40. The van der Waals surface area contributed by atoms with Gasteiger partial charge in [-0.25, -0.2) is 4.57 Å². The molecule has 2 N–H and O–H groups in total. The number of hydrogen-bond donors (Lipinski definition) is 2. The molecule has 148 valence electrons. The van der Waals surface area contributed by atoms with E-state index >= 15 is 0 Å². The van der Waals surface area contributed by atoms with Gasteiger partial charge in [-0.15, -0.1) is 0 Å².